The molecule has 2 aromatic carbocycles. The van der Waals surface area contributed by atoms with Crippen LogP contribution in [0.1, 0.15) is 70.3 Å². The topological polar surface area (TPSA) is 75.5 Å². The van der Waals surface area contributed by atoms with Crippen LogP contribution in [0.15, 0.2) is 59.0 Å². The molecule has 2 fully saturated rings. The molecule has 0 spiro atoms. The predicted octanol–water partition coefficient (Wildman–Crippen LogP) is 5.24. The van der Waals surface area contributed by atoms with Crippen LogP contribution in [-0.4, -0.2) is 79.5 Å². The van der Waals surface area contributed by atoms with Gasteiger partial charge in [-0.2, -0.15) is 0 Å². The van der Waals surface area contributed by atoms with Crippen LogP contribution < -0.4 is 4.74 Å². The summed E-state index contributed by atoms with van der Waals surface area (Å²) in [6.07, 6.45) is 5.09. The van der Waals surface area contributed by atoms with E-state index in [1.165, 1.54) is 11.1 Å². The number of fused-ring (bicyclic) bond motifs is 1. The van der Waals surface area contributed by atoms with Gasteiger partial charge in [0.25, 0.3) is 5.91 Å². The minimum atomic E-state index is -0.136. The zero-order valence-corrected chi connectivity index (χ0v) is 25.4. The lowest BCUT2D eigenvalue weighted by molar-refractivity contribution is -0.137. The summed E-state index contributed by atoms with van der Waals surface area (Å²) in [7, 11) is 1.71. The lowest BCUT2D eigenvalue weighted by Gasteiger charge is -2.39. The fourth-order valence-corrected chi connectivity index (χ4v) is 6.80. The lowest BCUT2D eigenvalue weighted by Crippen LogP contribution is -2.49. The Bertz CT molecular complexity index is 1420. The number of rotatable bonds is 9. The number of piperazine rings is 1. The molecule has 2 amide bonds. The Hall–Kier alpha value is -3.62. The second kappa shape index (κ2) is 13.3. The second-order valence-electron chi connectivity index (χ2n) is 12.1. The molecule has 0 N–H and O–H groups in total. The number of hydrogen-bond donors (Lipinski definition) is 0. The Labute approximate surface area is 254 Å². The highest BCUT2D eigenvalue weighted by molar-refractivity contribution is 5.91. The van der Waals surface area contributed by atoms with Gasteiger partial charge in [0.2, 0.25) is 5.91 Å². The predicted molar refractivity (Wildman–Crippen MR) is 164 cm³/mol. The van der Waals surface area contributed by atoms with Crippen LogP contribution in [0.2, 0.25) is 0 Å². The Morgan fingerprint density at radius 1 is 0.953 bits per heavy atom. The number of ether oxygens (including phenoxy) is 2. The summed E-state index contributed by atoms with van der Waals surface area (Å²) in [5.41, 5.74) is 4.70. The number of carbonyl (C=O) groups is 2. The minimum absolute atomic E-state index is 0.0839. The average Bonchev–Trinajstić information content (AvgIpc) is 3.75. The van der Waals surface area contributed by atoms with Crippen LogP contribution in [0.3, 0.4) is 0 Å². The molecule has 3 aliphatic rings. The number of carbonyl (C=O) groups excluding carboxylic acids is 2. The summed E-state index contributed by atoms with van der Waals surface area (Å²) < 4.78 is 17.3. The molecule has 1 aliphatic carbocycles. The first kappa shape index (κ1) is 29.5. The third-order valence-electron chi connectivity index (χ3n) is 9.22. The van der Waals surface area contributed by atoms with Gasteiger partial charge >= 0.3 is 0 Å². The van der Waals surface area contributed by atoms with E-state index >= 15 is 0 Å². The highest BCUT2D eigenvalue weighted by atomic mass is 16.5. The van der Waals surface area contributed by atoms with Gasteiger partial charge in [-0.1, -0.05) is 48.7 Å². The molecular weight excluding hydrogens is 542 g/mol. The van der Waals surface area contributed by atoms with Crippen LogP contribution in [0, 0.1) is 12.8 Å². The zero-order chi connectivity index (χ0) is 29.8. The fraction of sp³-hybridized carbons (Fsp3) is 0.486. The van der Waals surface area contributed by atoms with Crippen LogP contribution in [0.5, 0.6) is 5.75 Å². The molecule has 1 aromatic heterocycles. The van der Waals surface area contributed by atoms with E-state index in [2.05, 4.69) is 53.1 Å². The SMILES string of the molecule is COCCN1CCN(C(=O)c2ccc(COc3ccc4c(c3)[C@@H](c3cccc(C)c3)N(C(=O)C3CCCC3)CC4)o2)CC1. The highest BCUT2D eigenvalue weighted by Crippen LogP contribution is 2.40. The molecule has 0 radical (unpaired) electrons. The third kappa shape index (κ3) is 6.65. The van der Waals surface area contributed by atoms with Crippen LogP contribution in [0.4, 0.5) is 0 Å². The molecule has 8 nitrogen and oxygen atoms in total. The molecule has 0 unspecified atom stereocenters. The summed E-state index contributed by atoms with van der Waals surface area (Å²) >= 11 is 0. The molecule has 8 heteroatoms. The molecule has 2 aliphatic heterocycles. The number of methoxy groups -OCH3 is 1. The molecule has 43 heavy (non-hydrogen) atoms. The third-order valence-corrected chi connectivity index (χ3v) is 9.22. The van der Waals surface area contributed by atoms with Gasteiger partial charge < -0.3 is 23.7 Å². The molecule has 1 saturated heterocycles. The molecule has 228 valence electrons. The maximum Gasteiger partial charge on any atom is 0.289 e. The number of aryl methyl sites for hydroxylation is 1. The van der Waals surface area contributed by atoms with E-state index in [1.54, 1.807) is 13.2 Å². The van der Waals surface area contributed by atoms with Crippen molar-refractivity contribution in [3.63, 3.8) is 0 Å². The van der Waals surface area contributed by atoms with Gasteiger partial charge in [-0.25, -0.2) is 0 Å². The van der Waals surface area contributed by atoms with Gasteiger partial charge in [0.15, 0.2) is 5.76 Å². The van der Waals surface area contributed by atoms with Crippen LogP contribution >= 0.6 is 0 Å². The van der Waals surface area contributed by atoms with E-state index in [9.17, 15) is 9.59 Å². The Morgan fingerprint density at radius 3 is 2.53 bits per heavy atom. The van der Waals surface area contributed by atoms with Crippen molar-refractivity contribution in [1.82, 2.24) is 14.7 Å². The Kier molecular flexibility index (Phi) is 9.14. The number of hydrogen-bond acceptors (Lipinski definition) is 6. The summed E-state index contributed by atoms with van der Waals surface area (Å²) in [6.45, 7) is 7.63. The number of furan rings is 1. The lowest BCUT2D eigenvalue weighted by atomic mass is 9.86. The van der Waals surface area contributed by atoms with Gasteiger partial charge in [-0.15, -0.1) is 0 Å². The maximum absolute atomic E-state index is 13.7. The van der Waals surface area contributed by atoms with Crippen molar-refractivity contribution in [1.29, 1.82) is 0 Å². The average molecular weight is 586 g/mol. The van der Waals surface area contributed by atoms with E-state index in [-0.39, 0.29) is 30.4 Å². The first-order valence-electron chi connectivity index (χ1n) is 15.7. The van der Waals surface area contributed by atoms with Crippen molar-refractivity contribution in [3.8, 4) is 5.75 Å². The van der Waals surface area contributed by atoms with E-state index in [1.807, 2.05) is 17.0 Å². The molecule has 6 rings (SSSR count). The normalized spacial score (nSPS) is 19.4. The monoisotopic (exact) mass is 585 g/mol. The summed E-state index contributed by atoms with van der Waals surface area (Å²) in [5, 5.41) is 0. The summed E-state index contributed by atoms with van der Waals surface area (Å²) in [4.78, 5) is 33.1. The Balaban J connectivity index is 1.15. The molecule has 0 bridgehead atoms. The zero-order valence-electron chi connectivity index (χ0n) is 25.4. The van der Waals surface area contributed by atoms with Crippen molar-refractivity contribution in [2.75, 3.05) is 53.0 Å². The van der Waals surface area contributed by atoms with Gasteiger partial charge in [-0.3, -0.25) is 14.5 Å². The second-order valence-corrected chi connectivity index (χ2v) is 12.1. The van der Waals surface area contributed by atoms with Crippen LogP contribution in [-0.2, 0) is 22.6 Å². The maximum atomic E-state index is 13.7. The van der Waals surface area contributed by atoms with Crippen molar-refractivity contribution in [2.45, 2.75) is 51.7 Å². The van der Waals surface area contributed by atoms with E-state index < -0.39 is 0 Å². The van der Waals surface area contributed by atoms with Gasteiger partial charge in [-0.05, 0) is 67.1 Å². The first-order chi connectivity index (χ1) is 21.0. The minimum Gasteiger partial charge on any atom is -0.486 e. The van der Waals surface area contributed by atoms with E-state index in [4.69, 9.17) is 13.9 Å². The molecule has 3 heterocycles. The Morgan fingerprint density at radius 2 is 1.77 bits per heavy atom. The van der Waals surface area contributed by atoms with Gasteiger partial charge in [0.05, 0.1) is 12.6 Å². The van der Waals surface area contributed by atoms with Crippen molar-refractivity contribution < 1.29 is 23.5 Å². The highest BCUT2D eigenvalue weighted by Gasteiger charge is 2.36. The van der Waals surface area contributed by atoms with Crippen molar-refractivity contribution in [2.24, 2.45) is 5.92 Å². The molecule has 1 atom stereocenters. The molecule has 3 aromatic rings. The van der Waals surface area contributed by atoms with E-state index in [0.29, 0.717) is 31.2 Å². The quantitative estimate of drug-likeness (QED) is 0.342. The van der Waals surface area contributed by atoms with E-state index in [0.717, 1.165) is 75.2 Å². The smallest absolute Gasteiger partial charge is 0.289 e. The number of nitrogens with zero attached hydrogens (tertiary/aromatic N) is 3. The largest absolute Gasteiger partial charge is 0.486 e. The van der Waals surface area contributed by atoms with Crippen molar-refractivity contribution in [3.05, 3.63) is 88.4 Å². The number of amides is 2. The summed E-state index contributed by atoms with van der Waals surface area (Å²) in [6, 6.07) is 18.2. The first-order valence-corrected chi connectivity index (χ1v) is 15.7. The van der Waals surface area contributed by atoms with Gasteiger partial charge in [0.1, 0.15) is 18.1 Å². The standard InChI is InChI=1S/C35H43N3O5/c1-25-6-5-9-28(22-25)33-31-23-29(11-10-26(31)14-15-38(33)34(39)27-7-3-4-8-27)42-24-30-12-13-32(43-30)35(40)37-18-16-36(17-19-37)20-21-41-2/h5-6,9-13,22-23,27,33H,3-4,7-8,14-21,24H2,1-2H3/t33-/m1/s1. The van der Waals surface area contributed by atoms with Crippen LogP contribution in [0.25, 0.3) is 0 Å². The van der Waals surface area contributed by atoms with Gasteiger partial charge in [0, 0.05) is 52.3 Å². The fourth-order valence-electron chi connectivity index (χ4n) is 6.80. The summed E-state index contributed by atoms with van der Waals surface area (Å²) in [5.74, 6) is 2.00. The molecular formula is C35H43N3O5. The van der Waals surface area contributed by atoms with Crippen molar-refractivity contribution >= 4 is 11.8 Å². The number of benzene rings is 2. The molecule has 1 saturated carbocycles.